The first-order chi connectivity index (χ1) is 10.2. The highest BCUT2D eigenvalue weighted by molar-refractivity contribution is 14.0. The van der Waals surface area contributed by atoms with E-state index in [1.165, 1.54) is 12.1 Å². The second kappa shape index (κ2) is 12.5. The third-order valence-corrected chi connectivity index (χ3v) is 2.91. The highest BCUT2D eigenvalue weighted by atomic mass is 127. The van der Waals surface area contributed by atoms with E-state index in [1.54, 1.807) is 13.1 Å². The van der Waals surface area contributed by atoms with Crippen LogP contribution in [0.3, 0.4) is 0 Å². The lowest BCUT2D eigenvalue weighted by atomic mass is 10.2. The second-order valence-corrected chi connectivity index (χ2v) is 4.54. The van der Waals surface area contributed by atoms with Crippen LogP contribution in [0, 0.1) is 5.82 Å². The highest BCUT2D eigenvalue weighted by Crippen LogP contribution is 2.15. The molecule has 0 saturated carbocycles. The summed E-state index contributed by atoms with van der Waals surface area (Å²) in [5.74, 6) is -0.288. The molecule has 0 aromatic heterocycles. The molecule has 0 atom stereocenters. The van der Waals surface area contributed by atoms with Crippen molar-refractivity contribution in [3.05, 3.63) is 29.6 Å². The van der Waals surface area contributed by atoms with Crippen LogP contribution in [0.4, 0.5) is 4.39 Å². The van der Waals surface area contributed by atoms with Gasteiger partial charge in [0, 0.05) is 33.4 Å². The Labute approximate surface area is 148 Å². The van der Waals surface area contributed by atoms with Crippen molar-refractivity contribution < 1.29 is 14.2 Å². The summed E-state index contributed by atoms with van der Waals surface area (Å²) in [5.41, 5.74) is 0.740. The normalized spacial score (nSPS) is 11.0. The molecular weight excluding hydrogens is 400 g/mol. The molecule has 0 unspecified atom stereocenters. The number of aliphatic imine (C=N–C) groups is 1. The minimum Gasteiger partial charge on any atom is -0.505 e. The molecule has 0 saturated heterocycles. The summed E-state index contributed by atoms with van der Waals surface area (Å²) in [6, 6.07) is 4.31. The lowest BCUT2D eigenvalue weighted by Crippen LogP contribution is -2.37. The van der Waals surface area contributed by atoms with Crippen molar-refractivity contribution in [1.29, 1.82) is 0 Å². The lowest BCUT2D eigenvalue weighted by Gasteiger charge is -2.12. The van der Waals surface area contributed by atoms with Crippen LogP contribution in [0.2, 0.25) is 0 Å². The summed E-state index contributed by atoms with van der Waals surface area (Å²) in [6.45, 7) is 4.75. The van der Waals surface area contributed by atoms with E-state index >= 15 is 0 Å². The first kappa shape index (κ1) is 20.9. The summed E-state index contributed by atoms with van der Waals surface area (Å²) < 4.78 is 18.5. The number of phenolic OH excluding ortho intramolecular Hbond substituents is 1. The smallest absolute Gasteiger partial charge is 0.191 e. The van der Waals surface area contributed by atoms with Crippen LogP contribution in [-0.4, -0.2) is 37.9 Å². The van der Waals surface area contributed by atoms with Gasteiger partial charge in [0.25, 0.3) is 0 Å². The van der Waals surface area contributed by atoms with Gasteiger partial charge in [-0.05, 0) is 37.5 Å². The zero-order valence-corrected chi connectivity index (χ0v) is 15.4. The molecule has 0 fully saturated rings. The number of hydrogen-bond acceptors (Lipinski definition) is 3. The predicted octanol–water partition coefficient (Wildman–Crippen LogP) is 2.63. The van der Waals surface area contributed by atoms with Gasteiger partial charge in [-0.15, -0.1) is 24.0 Å². The Hall–Kier alpha value is -1.09. The number of rotatable bonds is 8. The van der Waals surface area contributed by atoms with Crippen molar-refractivity contribution in [1.82, 2.24) is 10.6 Å². The van der Waals surface area contributed by atoms with E-state index < -0.39 is 5.82 Å². The number of aromatic hydroxyl groups is 1. The van der Waals surface area contributed by atoms with Gasteiger partial charge in [-0.2, -0.15) is 0 Å². The summed E-state index contributed by atoms with van der Waals surface area (Å²) in [7, 11) is 1.69. The lowest BCUT2D eigenvalue weighted by molar-refractivity contribution is 0.143. The van der Waals surface area contributed by atoms with Gasteiger partial charge < -0.3 is 20.5 Å². The Morgan fingerprint density at radius 2 is 2.09 bits per heavy atom. The standard InChI is InChI=1S/C15H24FN3O2.HI/c1-3-21-9-5-4-8-18-15(17-2)19-11-12-6-7-14(20)13(16)10-12;/h6-7,10,20H,3-5,8-9,11H2,1-2H3,(H2,17,18,19);1H. The zero-order valence-electron chi connectivity index (χ0n) is 13.1. The molecule has 0 amide bonds. The molecule has 0 aliphatic rings. The van der Waals surface area contributed by atoms with Crippen LogP contribution in [0.25, 0.3) is 0 Å². The molecule has 0 spiro atoms. The maximum atomic E-state index is 13.2. The van der Waals surface area contributed by atoms with Crippen LogP contribution in [0.1, 0.15) is 25.3 Å². The van der Waals surface area contributed by atoms with Gasteiger partial charge in [0.15, 0.2) is 17.5 Å². The third-order valence-electron chi connectivity index (χ3n) is 2.91. The van der Waals surface area contributed by atoms with E-state index in [0.29, 0.717) is 12.5 Å². The molecule has 3 N–H and O–H groups in total. The minimum atomic E-state index is -0.617. The van der Waals surface area contributed by atoms with Crippen molar-refractivity contribution in [3.63, 3.8) is 0 Å². The highest BCUT2D eigenvalue weighted by Gasteiger charge is 2.02. The molecule has 0 aliphatic heterocycles. The molecule has 1 aromatic rings. The molecule has 0 heterocycles. The fourth-order valence-electron chi connectivity index (χ4n) is 1.75. The maximum Gasteiger partial charge on any atom is 0.191 e. The van der Waals surface area contributed by atoms with Crippen LogP contribution in [0.15, 0.2) is 23.2 Å². The molecule has 1 rings (SSSR count). The van der Waals surface area contributed by atoms with Gasteiger partial charge in [-0.25, -0.2) is 4.39 Å². The zero-order chi connectivity index (χ0) is 15.5. The van der Waals surface area contributed by atoms with Crippen LogP contribution in [0.5, 0.6) is 5.75 Å². The van der Waals surface area contributed by atoms with E-state index in [0.717, 1.165) is 38.2 Å². The Morgan fingerprint density at radius 3 is 2.73 bits per heavy atom. The summed E-state index contributed by atoms with van der Waals surface area (Å²) in [4.78, 5) is 4.10. The van der Waals surface area contributed by atoms with E-state index in [1.807, 2.05) is 6.92 Å². The number of halogens is 2. The van der Waals surface area contributed by atoms with Crippen molar-refractivity contribution in [3.8, 4) is 5.75 Å². The summed E-state index contributed by atoms with van der Waals surface area (Å²) >= 11 is 0. The molecule has 7 heteroatoms. The van der Waals surface area contributed by atoms with Crippen molar-refractivity contribution in [2.75, 3.05) is 26.8 Å². The average molecular weight is 425 g/mol. The fourth-order valence-corrected chi connectivity index (χ4v) is 1.75. The SMILES string of the molecule is CCOCCCCNC(=NC)NCc1ccc(O)c(F)c1.I. The van der Waals surface area contributed by atoms with Crippen molar-refractivity contribution in [2.45, 2.75) is 26.3 Å². The molecule has 126 valence electrons. The van der Waals surface area contributed by atoms with Gasteiger partial charge in [0.1, 0.15) is 0 Å². The number of benzene rings is 1. The Morgan fingerprint density at radius 1 is 1.32 bits per heavy atom. The molecule has 22 heavy (non-hydrogen) atoms. The molecule has 1 aromatic carbocycles. The van der Waals surface area contributed by atoms with Gasteiger partial charge in [0.05, 0.1) is 0 Å². The van der Waals surface area contributed by atoms with Gasteiger partial charge >= 0.3 is 0 Å². The fraction of sp³-hybridized carbons (Fsp3) is 0.533. The van der Waals surface area contributed by atoms with E-state index in [9.17, 15) is 4.39 Å². The van der Waals surface area contributed by atoms with E-state index in [2.05, 4.69) is 15.6 Å². The number of hydrogen-bond donors (Lipinski definition) is 3. The topological polar surface area (TPSA) is 65.9 Å². The number of unbranched alkanes of at least 4 members (excludes halogenated alkanes) is 1. The van der Waals surface area contributed by atoms with Gasteiger partial charge in [-0.3, -0.25) is 4.99 Å². The van der Waals surface area contributed by atoms with Crippen molar-refractivity contribution >= 4 is 29.9 Å². The van der Waals surface area contributed by atoms with Crippen LogP contribution in [-0.2, 0) is 11.3 Å². The van der Waals surface area contributed by atoms with Crippen molar-refractivity contribution in [2.24, 2.45) is 4.99 Å². The summed E-state index contributed by atoms with van der Waals surface area (Å²) in [5, 5.41) is 15.4. The Bertz CT molecular complexity index is 458. The number of nitrogens with zero attached hydrogens (tertiary/aromatic N) is 1. The first-order valence-corrected chi connectivity index (χ1v) is 7.17. The Balaban J connectivity index is 0.00000441. The molecule has 0 bridgehead atoms. The average Bonchev–Trinajstić information content (AvgIpc) is 2.49. The number of nitrogens with one attached hydrogen (secondary N) is 2. The van der Waals surface area contributed by atoms with Gasteiger partial charge in [0.2, 0.25) is 0 Å². The molecule has 5 nitrogen and oxygen atoms in total. The van der Waals surface area contributed by atoms with Crippen LogP contribution >= 0.6 is 24.0 Å². The number of phenols is 1. The van der Waals surface area contributed by atoms with Crippen LogP contribution < -0.4 is 10.6 Å². The quantitative estimate of drug-likeness (QED) is 0.259. The summed E-state index contributed by atoms with van der Waals surface area (Å²) in [6.07, 6.45) is 2.00. The third kappa shape index (κ3) is 8.38. The minimum absolute atomic E-state index is 0. The van der Waals surface area contributed by atoms with Gasteiger partial charge in [-0.1, -0.05) is 6.07 Å². The van der Waals surface area contributed by atoms with E-state index in [-0.39, 0.29) is 29.7 Å². The second-order valence-electron chi connectivity index (χ2n) is 4.54. The van der Waals surface area contributed by atoms with E-state index in [4.69, 9.17) is 9.84 Å². The number of guanidine groups is 1. The molecular formula is C15H25FIN3O2. The largest absolute Gasteiger partial charge is 0.505 e. The predicted molar refractivity (Wildman–Crippen MR) is 97.4 cm³/mol. The molecule has 0 radical (unpaired) electrons. The monoisotopic (exact) mass is 425 g/mol. The maximum absolute atomic E-state index is 13.2. The number of ether oxygens (including phenoxy) is 1. The first-order valence-electron chi connectivity index (χ1n) is 7.17. The molecule has 0 aliphatic carbocycles. The Kier molecular flexibility index (Phi) is 11.8.